The van der Waals surface area contributed by atoms with Gasteiger partial charge in [-0.2, -0.15) is 4.98 Å². The van der Waals surface area contributed by atoms with Crippen LogP contribution in [0.5, 0.6) is 5.75 Å². The van der Waals surface area contributed by atoms with E-state index < -0.39 is 0 Å². The number of benzene rings is 2. The van der Waals surface area contributed by atoms with Crippen LogP contribution < -0.4 is 10.1 Å². The van der Waals surface area contributed by atoms with Crippen molar-refractivity contribution in [3.63, 3.8) is 0 Å². The van der Waals surface area contributed by atoms with Crippen LogP contribution in [0.25, 0.3) is 16.9 Å². The molecule has 0 saturated heterocycles. The Hall–Kier alpha value is -3.41. The van der Waals surface area contributed by atoms with Crippen LogP contribution in [0.1, 0.15) is 0 Å². The minimum atomic E-state index is 0.544. The molecule has 2 heterocycles. The summed E-state index contributed by atoms with van der Waals surface area (Å²) in [5, 5.41) is 4.33. The van der Waals surface area contributed by atoms with Crippen LogP contribution in [-0.2, 0) is 0 Å². The average molecular weight is 331 g/mol. The predicted molar refractivity (Wildman–Crippen MR) is 97.1 cm³/mol. The zero-order valence-corrected chi connectivity index (χ0v) is 13.5. The number of nitrogens with zero attached hydrogens (tertiary/aromatic N) is 4. The summed E-state index contributed by atoms with van der Waals surface area (Å²) in [5.41, 5.74) is 0.882. The molecule has 2 aromatic carbocycles. The molecule has 1 N–H and O–H groups in total. The first kappa shape index (κ1) is 15.1. The van der Waals surface area contributed by atoms with Gasteiger partial charge in [0.15, 0.2) is 0 Å². The second-order valence-electron chi connectivity index (χ2n) is 5.45. The molecule has 0 fully saturated rings. The molecule has 0 aliphatic heterocycles. The lowest BCUT2D eigenvalue weighted by Crippen LogP contribution is -2.14. The minimum Gasteiger partial charge on any atom is -0.492 e. The van der Waals surface area contributed by atoms with Crippen molar-refractivity contribution in [3.8, 4) is 11.7 Å². The number of rotatable bonds is 6. The van der Waals surface area contributed by atoms with Gasteiger partial charge in [0, 0.05) is 17.8 Å². The number of imidazole rings is 1. The van der Waals surface area contributed by atoms with E-state index in [1.54, 1.807) is 17.1 Å². The quantitative estimate of drug-likeness (QED) is 0.549. The van der Waals surface area contributed by atoms with Crippen LogP contribution >= 0.6 is 0 Å². The first-order valence-corrected chi connectivity index (χ1v) is 8.07. The first-order valence-electron chi connectivity index (χ1n) is 8.07. The van der Waals surface area contributed by atoms with E-state index in [4.69, 9.17) is 4.74 Å². The topological polar surface area (TPSA) is 64.9 Å². The predicted octanol–water partition coefficient (Wildman–Crippen LogP) is 3.31. The fourth-order valence-corrected chi connectivity index (χ4v) is 2.55. The Morgan fingerprint density at radius 2 is 1.80 bits per heavy atom. The van der Waals surface area contributed by atoms with Crippen molar-refractivity contribution in [2.24, 2.45) is 0 Å². The van der Waals surface area contributed by atoms with E-state index in [2.05, 4.69) is 20.3 Å². The molecule has 6 heteroatoms. The molecular formula is C19H17N5O. The fourth-order valence-electron chi connectivity index (χ4n) is 2.55. The number of ether oxygens (including phenoxy) is 1. The van der Waals surface area contributed by atoms with Crippen molar-refractivity contribution < 1.29 is 4.74 Å². The van der Waals surface area contributed by atoms with Gasteiger partial charge in [0.2, 0.25) is 5.95 Å². The number of hydrogen-bond donors (Lipinski definition) is 1. The van der Waals surface area contributed by atoms with E-state index in [0.29, 0.717) is 19.1 Å². The zero-order chi connectivity index (χ0) is 16.9. The molecule has 0 bridgehead atoms. The van der Waals surface area contributed by atoms with Crippen molar-refractivity contribution in [1.29, 1.82) is 0 Å². The SMILES string of the molecule is c1ccc(OCCNc2nc(-n3ccnc3)nc3ccccc23)cc1. The Morgan fingerprint density at radius 1 is 0.960 bits per heavy atom. The van der Waals surface area contributed by atoms with E-state index in [0.717, 1.165) is 22.5 Å². The molecule has 0 saturated carbocycles. The molecule has 0 aliphatic rings. The van der Waals surface area contributed by atoms with Crippen molar-refractivity contribution in [1.82, 2.24) is 19.5 Å². The third-order valence-electron chi connectivity index (χ3n) is 3.73. The maximum Gasteiger partial charge on any atom is 0.237 e. The Labute approximate surface area is 145 Å². The van der Waals surface area contributed by atoms with Gasteiger partial charge < -0.3 is 10.1 Å². The van der Waals surface area contributed by atoms with Crippen molar-refractivity contribution in [3.05, 3.63) is 73.3 Å². The summed E-state index contributed by atoms with van der Waals surface area (Å²) in [5.74, 6) is 2.23. The smallest absolute Gasteiger partial charge is 0.237 e. The number of para-hydroxylation sites is 2. The molecule has 0 atom stereocenters. The summed E-state index contributed by atoms with van der Waals surface area (Å²) in [4.78, 5) is 13.3. The van der Waals surface area contributed by atoms with Crippen LogP contribution in [0.3, 0.4) is 0 Å². The summed E-state index contributed by atoms with van der Waals surface area (Å²) in [6.07, 6.45) is 5.22. The highest BCUT2D eigenvalue weighted by Crippen LogP contribution is 2.21. The maximum atomic E-state index is 5.72. The van der Waals surface area contributed by atoms with Gasteiger partial charge >= 0.3 is 0 Å². The van der Waals surface area contributed by atoms with Crippen molar-refractivity contribution >= 4 is 16.7 Å². The van der Waals surface area contributed by atoms with Crippen LogP contribution in [0.2, 0.25) is 0 Å². The molecule has 25 heavy (non-hydrogen) atoms. The number of fused-ring (bicyclic) bond motifs is 1. The fraction of sp³-hybridized carbons (Fsp3) is 0.105. The summed E-state index contributed by atoms with van der Waals surface area (Å²) in [6.45, 7) is 1.18. The van der Waals surface area contributed by atoms with E-state index in [9.17, 15) is 0 Å². The molecule has 0 aliphatic carbocycles. The molecule has 6 nitrogen and oxygen atoms in total. The lowest BCUT2D eigenvalue weighted by atomic mass is 10.2. The summed E-state index contributed by atoms with van der Waals surface area (Å²) in [7, 11) is 0. The van der Waals surface area contributed by atoms with E-state index in [-0.39, 0.29) is 0 Å². The highest BCUT2D eigenvalue weighted by atomic mass is 16.5. The Morgan fingerprint density at radius 3 is 2.64 bits per heavy atom. The van der Waals surface area contributed by atoms with Gasteiger partial charge in [0.05, 0.1) is 12.1 Å². The largest absolute Gasteiger partial charge is 0.492 e. The number of aromatic nitrogens is 4. The molecule has 0 radical (unpaired) electrons. The molecule has 0 unspecified atom stereocenters. The van der Waals surface area contributed by atoms with Crippen molar-refractivity contribution in [2.45, 2.75) is 0 Å². The van der Waals surface area contributed by atoms with Crippen molar-refractivity contribution in [2.75, 3.05) is 18.5 Å². The van der Waals surface area contributed by atoms with E-state index in [1.165, 1.54) is 0 Å². The average Bonchev–Trinajstić information content (AvgIpc) is 3.20. The third-order valence-corrected chi connectivity index (χ3v) is 3.73. The monoisotopic (exact) mass is 331 g/mol. The Balaban J connectivity index is 1.53. The first-order chi connectivity index (χ1) is 12.4. The van der Waals surface area contributed by atoms with Gasteiger partial charge in [0.1, 0.15) is 24.5 Å². The Bertz CT molecular complexity index is 954. The number of hydrogen-bond acceptors (Lipinski definition) is 5. The minimum absolute atomic E-state index is 0.544. The lowest BCUT2D eigenvalue weighted by Gasteiger charge is -2.11. The van der Waals surface area contributed by atoms with Gasteiger partial charge in [-0.05, 0) is 24.3 Å². The molecule has 0 spiro atoms. The second-order valence-corrected chi connectivity index (χ2v) is 5.45. The van der Waals surface area contributed by atoms with E-state index in [1.807, 2.05) is 60.8 Å². The normalized spacial score (nSPS) is 10.7. The van der Waals surface area contributed by atoms with E-state index >= 15 is 0 Å². The molecule has 2 aromatic heterocycles. The number of nitrogens with one attached hydrogen (secondary N) is 1. The summed E-state index contributed by atoms with van der Waals surface area (Å²) in [6, 6.07) is 17.7. The zero-order valence-electron chi connectivity index (χ0n) is 13.5. The standard InChI is InChI=1S/C19H17N5O/c1-2-6-15(7-3-1)25-13-11-21-18-16-8-4-5-9-17(16)22-19(23-18)24-12-10-20-14-24/h1-10,12,14H,11,13H2,(H,21,22,23). The van der Waals surface area contributed by atoms with Crippen LogP contribution in [0.15, 0.2) is 73.3 Å². The maximum absolute atomic E-state index is 5.72. The highest BCUT2D eigenvalue weighted by molar-refractivity contribution is 5.89. The Kier molecular flexibility index (Phi) is 4.24. The highest BCUT2D eigenvalue weighted by Gasteiger charge is 2.08. The van der Waals surface area contributed by atoms with Crippen LogP contribution in [0, 0.1) is 0 Å². The number of anilines is 1. The van der Waals surface area contributed by atoms with Gasteiger partial charge in [-0.15, -0.1) is 0 Å². The molecule has 124 valence electrons. The summed E-state index contributed by atoms with van der Waals surface area (Å²) >= 11 is 0. The third kappa shape index (κ3) is 3.42. The van der Waals surface area contributed by atoms with Crippen LogP contribution in [-0.4, -0.2) is 32.7 Å². The molecule has 4 aromatic rings. The molecular weight excluding hydrogens is 314 g/mol. The van der Waals surface area contributed by atoms with Crippen LogP contribution in [0.4, 0.5) is 5.82 Å². The second kappa shape index (κ2) is 7.00. The molecule has 0 amide bonds. The van der Waals surface area contributed by atoms with Gasteiger partial charge in [-0.3, -0.25) is 4.57 Å². The summed E-state index contributed by atoms with van der Waals surface area (Å²) < 4.78 is 7.51. The van der Waals surface area contributed by atoms with Gasteiger partial charge in [0.25, 0.3) is 0 Å². The molecule has 4 rings (SSSR count). The van der Waals surface area contributed by atoms with Gasteiger partial charge in [-0.1, -0.05) is 30.3 Å². The van der Waals surface area contributed by atoms with Gasteiger partial charge in [-0.25, -0.2) is 9.97 Å². The lowest BCUT2D eigenvalue weighted by molar-refractivity contribution is 0.333.